The first-order chi connectivity index (χ1) is 9.00. The lowest BCUT2D eigenvalue weighted by atomic mass is 10.0. The number of nitrogens with two attached hydrogens (primary N) is 1. The van der Waals surface area contributed by atoms with Gasteiger partial charge in [0.15, 0.2) is 5.78 Å². The Morgan fingerprint density at radius 2 is 1.84 bits per heavy atom. The molecule has 0 aliphatic rings. The van der Waals surface area contributed by atoms with Crippen LogP contribution in [0.1, 0.15) is 15.9 Å². The second kappa shape index (κ2) is 5.48. The quantitative estimate of drug-likeness (QED) is 0.530. The van der Waals surface area contributed by atoms with Gasteiger partial charge in [-0.15, -0.1) is 0 Å². The molecule has 0 aromatic heterocycles. The standard InChI is InChI=1S/C14H10BrF2NO/c15-10-5-6-11(16)9(14(10)17)7-13(19)8-3-1-2-4-12(8)18/h1-6H,7,18H2. The van der Waals surface area contributed by atoms with E-state index >= 15 is 0 Å². The molecule has 98 valence electrons. The molecule has 0 saturated carbocycles. The Hall–Kier alpha value is -1.75. The Kier molecular flexibility index (Phi) is 3.95. The van der Waals surface area contributed by atoms with Crippen molar-refractivity contribution in [3.8, 4) is 0 Å². The largest absolute Gasteiger partial charge is 0.398 e. The molecule has 0 radical (unpaired) electrons. The van der Waals surface area contributed by atoms with Gasteiger partial charge in [0.25, 0.3) is 0 Å². The van der Waals surface area contributed by atoms with Crippen LogP contribution < -0.4 is 5.73 Å². The van der Waals surface area contributed by atoms with Crippen LogP contribution in [0.4, 0.5) is 14.5 Å². The number of para-hydroxylation sites is 1. The molecule has 0 unspecified atom stereocenters. The van der Waals surface area contributed by atoms with E-state index in [1.54, 1.807) is 18.2 Å². The SMILES string of the molecule is Nc1ccccc1C(=O)Cc1c(F)ccc(Br)c1F. The number of ketones is 1. The highest BCUT2D eigenvalue weighted by atomic mass is 79.9. The Morgan fingerprint density at radius 3 is 2.53 bits per heavy atom. The van der Waals surface area contributed by atoms with Crippen molar-refractivity contribution in [1.82, 2.24) is 0 Å². The van der Waals surface area contributed by atoms with Crippen molar-refractivity contribution in [2.24, 2.45) is 0 Å². The summed E-state index contributed by atoms with van der Waals surface area (Å²) in [4.78, 5) is 12.0. The van der Waals surface area contributed by atoms with Gasteiger partial charge < -0.3 is 5.73 Å². The maximum atomic E-state index is 13.8. The fourth-order valence-electron chi connectivity index (χ4n) is 1.74. The zero-order chi connectivity index (χ0) is 14.0. The first-order valence-electron chi connectivity index (χ1n) is 5.50. The van der Waals surface area contributed by atoms with E-state index in [0.717, 1.165) is 6.07 Å². The number of anilines is 1. The molecule has 2 nitrogen and oxygen atoms in total. The van der Waals surface area contributed by atoms with E-state index in [-0.39, 0.29) is 22.0 Å². The third kappa shape index (κ3) is 2.81. The molecule has 2 aromatic carbocycles. The third-order valence-corrected chi connectivity index (χ3v) is 3.35. The summed E-state index contributed by atoms with van der Waals surface area (Å²) in [6.07, 6.45) is -0.370. The zero-order valence-corrected chi connectivity index (χ0v) is 11.4. The number of benzene rings is 2. The van der Waals surface area contributed by atoms with Crippen LogP contribution in [0, 0.1) is 11.6 Å². The molecule has 0 fully saturated rings. The molecular formula is C14H10BrF2NO. The van der Waals surface area contributed by atoms with Crippen molar-refractivity contribution in [2.45, 2.75) is 6.42 Å². The summed E-state index contributed by atoms with van der Waals surface area (Å²) in [6, 6.07) is 8.82. The Labute approximate surface area is 117 Å². The maximum Gasteiger partial charge on any atom is 0.169 e. The minimum atomic E-state index is -0.761. The lowest BCUT2D eigenvalue weighted by Crippen LogP contribution is -2.10. The van der Waals surface area contributed by atoms with Gasteiger partial charge in [-0.25, -0.2) is 8.78 Å². The zero-order valence-electron chi connectivity index (χ0n) is 9.79. The smallest absolute Gasteiger partial charge is 0.169 e. The number of nitrogen functional groups attached to an aromatic ring is 1. The van der Waals surface area contributed by atoms with Crippen LogP contribution >= 0.6 is 15.9 Å². The van der Waals surface area contributed by atoms with Crippen LogP contribution in [0.15, 0.2) is 40.9 Å². The van der Waals surface area contributed by atoms with Gasteiger partial charge in [0.2, 0.25) is 0 Å². The van der Waals surface area contributed by atoms with Gasteiger partial charge in [0, 0.05) is 23.2 Å². The summed E-state index contributed by atoms with van der Waals surface area (Å²) in [5, 5.41) is 0. The molecule has 2 N–H and O–H groups in total. The number of hydrogen-bond acceptors (Lipinski definition) is 2. The minimum Gasteiger partial charge on any atom is -0.398 e. The van der Waals surface area contributed by atoms with Crippen LogP contribution in [0.3, 0.4) is 0 Å². The van der Waals surface area contributed by atoms with E-state index < -0.39 is 17.4 Å². The second-order valence-corrected chi connectivity index (χ2v) is 4.86. The number of Topliss-reactive ketones (excluding diaryl/α,β-unsaturated/α-hetero) is 1. The molecule has 0 amide bonds. The highest BCUT2D eigenvalue weighted by molar-refractivity contribution is 9.10. The molecule has 0 aliphatic heterocycles. The average Bonchev–Trinajstić information content (AvgIpc) is 2.39. The molecule has 5 heteroatoms. The predicted molar refractivity (Wildman–Crippen MR) is 72.9 cm³/mol. The van der Waals surface area contributed by atoms with Gasteiger partial charge in [-0.2, -0.15) is 0 Å². The molecule has 0 atom stereocenters. The average molecular weight is 326 g/mol. The number of carbonyl (C=O) groups excluding carboxylic acids is 1. The Bertz CT molecular complexity index is 643. The van der Waals surface area contributed by atoms with Gasteiger partial charge in [-0.1, -0.05) is 12.1 Å². The molecule has 0 saturated heterocycles. The minimum absolute atomic E-state index is 0.123. The molecule has 0 heterocycles. The fraction of sp³-hybridized carbons (Fsp3) is 0.0714. The van der Waals surface area contributed by atoms with Crippen molar-refractivity contribution in [3.05, 3.63) is 63.6 Å². The van der Waals surface area contributed by atoms with E-state index in [0.29, 0.717) is 5.69 Å². The number of halogens is 3. The summed E-state index contributed by atoms with van der Waals surface area (Å²) in [5.41, 5.74) is 5.96. The molecular weight excluding hydrogens is 316 g/mol. The molecule has 0 aliphatic carbocycles. The topological polar surface area (TPSA) is 43.1 Å². The first kappa shape index (κ1) is 13.7. The number of hydrogen-bond donors (Lipinski definition) is 1. The van der Waals surface area contributed by atoms with E-state index in [1.165, 1.54) is 12.1 Å². The van der Waals surface area contributed by atoms with E-state index in [4.69, 9.17) is 5.73 Å². The van der Waals surface area contributed by atoms with Gasteiger partial charge >= 0.3 is 0 Å². The lowest BCUT2D eigenvalue weighted by Gasteiger charge is -2.07. The summed E-state index contributed by atoms with van der Waals surface area (Å²) in [6.45, 7) is 0. The molecule has 2 aromatic rings. The summed E-state index contributed by atoms with van der Waals surface area (Å²) < 4.78 is 27.5. The normalized spacial score (nSPS) is 10.5. The molecule has 0 spiro atoms. The van der Waals surface area contributed by atoms with Crippen molar-refractivity contribution in [2.75, 3.05) is 5.73 Å². The summed E-state index contributed by atoms with van der Waals surface area (Å²) >= 11 is 2.96. The van der Waals surface area contributed by atoms with Gasteiger partial charge in [-0.05, 0) is 40.2 Å². The Balaban J connectivity index is 2.35. The lowest BCUT2D eigenvalue weighted by molar-refractivity contribution is 0.0991. The van der Waals surface area contributed by atoms with Crippen LogP contribution in [-0.2, 0) is 6.42 Å². The monoisotopic (exact) mass is 325 g/mol. The second-order valence-electron chi connectivity index (χ2n) is 4.01. The maximum absolute atomic E-state index is 13.8. The molecule has 19 heavy (non-hydrogen) atoms. The van der Waals surface area contributed by atoms with E-state index in [9.17, 15) is 13.6 Å². The summed E-state index contributed by atoms with van der Waals surface area (Å²) in [7, 11) is 0. The van der Waals surface area contributed by atoms with Crippen molar-refractivity contribution >= 4 is 27.4 Å². The van der Waals surface area contributed by atoms with E-state index in [1.807, 2.05) is 0 Å². The van der Waals surface area contributed by atoms with Gasteiger partial charge in [0.1, 0.15) is 11.6 Å². The predicted octanol–water partition coefficient (Wildman–Crippen LogP) is 3.73. The van der Waals surface area contributed by atoms with Crippen LogP contribution in [0.5, 0.6) is 0 Å². The van der Waals surface area contributed by atoms with Crippen LogP contribution in [0.25, 0.3) is 0 Å². The third-order valence-electron chi connectivity index (χ3n) is 2.74. The van der Waals surface area contributed by atoms with Gasteiger partial charge in [0.05, 0.1) is 4.47 Å². The number of rotatable bonds is 3. The fourth-order valence-corrected chi connectivity index (χ4v) is 2.11. The van der Waals surface area contributed by atoms with Crippen LogP contribution in [0.2, 0.25) is 0 Å². The Morgan fingerprint density at radius 1 is 1.16 bits per heavy atom. The molecule has 0 bridgehead atoms. The van der Waals surface area contributed by atoms with Crippen LogP contribution in [-0.4, -0.2) is 5.78 Å². The number of carbonyl (C=O) groups is 1. The first-order valence-corrected chi connectivity index (χ1v) is 6.30. The molecule has 2 rings (SSSR count). The summed E-state index contributed by atoms with van der Waals surface area (Å²) in [5.74, 6) is -1.93. The highest BCUT2D eigenvalue weighted by Gasteiger charge is 2.18. The van der Waals surface area contributed by atoms with Crippen molar-refractivity contribution < 1.29 is 13.6 Å². The highest BCUT2D eigenvalue weighted by Crippen LogP contribution is 2.23. The van der Waals surface area contributed by atoms with Crippen molar-refractivity contribution in [3.63, 3.8) is 0 Å². The van der Waals surface area contributed by atoms with E-state index in [2.05, 4.69) is 15.9 Å². The van der Waals surface area contributed by atoms with Crippen molar-refractivity contribution in [1.29, 1.82) is 0 Å². The van der Waals surface area contributed by atoms with Gasteiger partial charge in [-0.3, -0.25) is 4.79 Å².